The topological polar surface area (TPSA) is 41.5 Å². The van der Waals surface area contributed by atoms with Gasteiger partial charge in [0, 0.05) is 44.2 Å². The van der Waals surface area contributed by atoms with Crippen LogP contribution in [-0.2, 0) is 16.9 Å². The summed E-state index contributed by atoms with van der Waals surface area (Å²) in [4.78, 5) is 14.1. The van der Waals surface area contributed by atoms with E-state index in [1.807, 2.05) is 12.4 Å². The van der Waals surface area contributed by atoms with Gasteiger partial charge in [0.15, 0.2) is 5.82 Å². The van der Waals surface area contributed by atoms with Crippen LogP contribution in [0.4, 0.5) is 0 Å². The van der Waals surface area contributed by atoms with Crippen molar-refractivity contribution in [3.05, 3.63) is 23.8 Å². The van der Waals surface area contributed by atoms with Gasteiger partial charge in [0.2, 0.25) is 0 Å². The molecule has 0 aromatic carbocycles. The van der Waals surface area contributed by atoms with Gasteiger partial charge in [-0.3, -0.25) is 4.90 Å². The van der Waals surface area contributed by atoms with Crippen LogP contribution in [0.3, 0.4) is 0 Å². The molecule has 122 valence electrons. The number of hydrogen-bond acceptors (Lipinski definition) is 5. The van der Waals surface area contributed by atoms with Crippen LogP contribution in [0.15, 0.2) is 12.4 Å². The van der Waals surface area contributed by atoms with Crippen molar-refractivity contribution in [2.24, 2.45) is 0 Å². The first-order valence-corrected chi connectivity index (χ1v) is 8.52. The largest absolute Gasteiger partial charge is 0.367 e. The van der Waals surface area contributed by atoms with Crippen LogP contribution < -0.4 is 0 Å². The second kappa shape index (κ2) is 7.02. The average molecular weight is 304 g/mol. The van der Waals surface area contributed by atoms with Crippen LogP contribution in [0.1, 0.15) is 44.0 Å². The lowest BCUT2D eigenvalue weighted by Crippen LogP contribution is -2.32. The maximum atomic E-state index is 5.93. The molecule has 2 fully saturated rings. The highest BCUT2D eigenvalue weighted by Gasteiger charge is 2.32. The van der Waals surface area contributed by atoms with Crippen molar-refractivity contribution in [1.82, 2.24) is 19.8 Å². The van der Waals surface area contributed by atoms with Crippen LogP contribution in [0.25, 0.3) is 0 Å². The lowest BCUT2D eigenvalue weighted by Gasteiger charge is -2.32. The van der Waals surface area contributed by atoms with Gasteiger partial charge in [-0.15, -0.1) is 0 Å². The Morgan fingerprint density at radius 1 is 1.09 bits per heavy atom. The summed E-state index contributed by atoms with van der Waals surface area (Å²) in [5.41, 5.74) is 0.912. The smallest absolute Gasteiger partial charge is 0.159 e. The van der Waals surface area contributed by atoms with E-state index in [-0.39, 0.29) is 5.60 Å². The molecule has 3 heterocycles. The minimum atomic E-state index is -0.290. The van der Waals surface area contributed by atoms with Gasteiger partial charge in [-0.05, 0) is 52.7 Å². The lowest BCUT2D eigenvalue weighted by atomic mass is 9.95. The van der Waals surface area contributed by atoms with Crippen molar-refractivity contribution in [3.63, 3.8) is 0 Å². The van der Waals surface area contributed by atoms with Crippen LogP contribution in [0, 0.1) is 0 Å². The number of aromatic nitrogens is 2. The Hall–Kier alpha value is -1.04. The van der Waals surface area contributed by atoms with E-state index in [1.165, 1.54) is 24.9 Å². The molecule has 3 rings (SSSR count). The summed E-state index contributed by atoms with van der Waals surface area (Å²) in [6, 6.07) is 0. The molecule has 1 aromatic rings. The molecule has 0 aliphatic carbocycles. The number of rotatable bonds is 3. The van der Waals surface area contributed by atoms with Crippen molar-refractivity contribution >= 4 is 0 Å². The zero-order chi connectivity index (χ0) is 15.4. The van der Waals surface area contributed by atoms with Crippen molar-refractivity contribution in [3.8, 4) is 0 Å². The maximum Gasteiger partial charge on any atom is 0.159 e. The first-order chi connectivity index (χ1) is 10.7. The minimum absolute atomic E-state index is 0.290. The molecule has 1 atom stereocenters. The average Bonchev–Trinajstić information content (AvgIpc) is 2.73. The summed E-state index contributed by atoms with van der Waals surface area (Å²) in [5.74, 6) is 0.839. The summed E-state index contributed by atoms with van der Waals surface area (Å²) in [6.07, 6.45) is 8.58. The number of ether oxygens (including phenoxy) is 1. The Bertz CT molecular complexity index is 470. The molecule has 0 spiro atoms. The van der Waals surface area contributed by atoms with E-state index >= 15 is 0 Å². The highest BCUT2D eigenvalue weighted by Crippen LogP contribution is 2.32. The molecule has 5 heteroatoms. The van der Waals surface area contributed by atoms with Gasteiger partial charge < -0.3 is 9.64 Å². The first-order valence-electron chi connectivity index (χ1n) is 8.52. The molecule has 0 amide bonds. The molecule has 2 aliphatic heterocycles. The van der Waals surface area contributed by atoms with Crippen LogP contribution in [0.2, 0.25) is 0 Å². The Balaban J connectivity index is 1.61. The Kier molecular flexibility index (Phi) is 5.06. The molecule has 0 unspecified atom stereocenters. The summed E-state index contributed by atoms with van der Waals surface area (Å²) < 4.78 is 5.93. The van der Waals surface area contributed by atoms with Gasteiger partial charge >= 0.3 is 0 Å². The standard InChI is InChI=1S/C17H28N4O/c1-17(6-3-4-11-22-17)16-18-12-15(13-19-16)14-21-8-5-7-20(2)9-10-21/h12-13H,3-11,14H2,1-2H3/t17-/m0/s1. The van der Waals surface area contributed by atoms with Crippen LogP contribution in [0.5, 0.6) is 0 Å². The molecule has 2 aliphatic rings. The molecule has 0 bridgehead atoms. The minimum Gasteiger partial charge on any atom is -0.367 e. The third-order valence-electron chi connectivity index (χ3n) is 4.87. The molecule has 0 saturated carbocycles. The second-order valence-corrected chi connectivity index (χ2v) is 6.88. The van der Waals surface area contributed by atoms with Gasteiger partial charge in [-0.2, -0.15) is 0 Å². The molecular formula is C17H28N4O. The van der Waals surface area contributed by atoms with Gasteiger partial charge in [-0.1, -0.05) is 0 Å². The molecule has 0 radical (unpaired) electrons. The number of likely N-dealkylation sites (N-methyl/N-ethyl adjacent to an activating group) is 1. The number of nitrogens with zero attached hydrogens (tertiary/aromatic N) is 4. The van der Waals surface area contributed by atoms with Crippen LogP contribution >= 0.6 is 0 Å². The molecular weight excluding hydrogens is 276 g/mol. The highest BCUT2D eigenvalue weighted by atomic mass is 16.5. The van der Waals surface area contributed by atoms with Gasteiger partial charge in [0.25, 0.3) is 0 Å². The van der Waals surface area contributed by atoms with Crippen molar-refractivity contribution in [1.29, 1.82) is 0 Å². The molecule has 0 N–H and O–H groups in total. The normalized spacial score (nSPS) is 28.5. The summed E-state index contributed by atoms with van der Waals surface area (Å²) >= 11 is 0. The first kappa shape index (κ1) is 15.8. The fourth-order valence-corrected chi connectivity index (χ4v) is 3.34. The second-order valence-electron chi connectivity index (χ2n) is 6.88. The van der Waals surface area contributed by atoms with E-state index in [0.29, 0.717) is 0 Å². The lowest BCUT2D eigenvalue weighted by molar-refractivity contribution is -0.0761. The van der Waals surface area contributed by atoms with Crippen molar-refractivity contribution < 1.29 is 4.74 Å². The third kappa shape index (κ3) is 3.83. The van der Waals surface area contributed by atoms with E-state index in [4.69, 9.17) is 4.74 Å². The van der Waals surface area contributed by atoms with E-state index in [2.05, 4.69) is 33.7 Å². The Morgan fingerprint density at radius 2 is 1.91 bits per heavy atom. The predicted molar refractivity (Wildman–Crippen MR) is 86.6 cm³/mol. The third-order valence-corrected chi connectivity index (χ3v) is 4.87. The summed E-state index contributed by atoms with van der Waals surface area (Å²) in [7, 11) is 2.20. The molecule has 1 aromatic heterocycles. The van der Waals surface area contributed by atoms with E-state index in [0.717, 1.165) is 51.5 Å². The Morgan fingerprint density at radius 3 is 2.64 bits per heavy atom. The monoisotopic (exact) mass is 304 g/mol. The summed E-state index contributed by atoms with van der Waals surface area (Å²) in [5, 5.41) is 0. The zero-order valence-corrected chi connectivity index (χ0v) is 13.9. The molecule has 22 heavy (non-hydrogen) atoms. The SMILES string of the molecule is CN1CCCN(Cc2cnc([C@]3(C)CCCCO3)nc2)CC1. The maximum absolute atomic E-state index is 5.93. The Labute approximate surface area is 133 Å². The van der Waals surface area contributed by atoms with Crippen molar-refractivity contribution in [2.45, 2.75) is 44.8 Å². The fourth-order valence-electron chi connectivity index (χ4n) is 3.34. The zero-order valence-electron chi connectivity index (χ0n) is 13.9. The van der Waals surface area contributed by atoms with E-state index in [1.54, 1.807) is 0 Å². The van der Waals surface area contributed by atoms with Crippen LogP contribution in [-0.4, -0.2) is 59.6 Å². The quantitative estimate of drug-likeness (QED) is 0.855. The molecule has 5 nitrogen and oxygen atoms in total. The molecule has 2 saturated heterocycles. The van der Waals surface area contributed by atoms with E-state index < -0.39 is 0 Å². The van der Waals surface area contributed by atoms with Gasteiger partial charge in [0.1, 0.15) is 5.60 Å². The van der Waals surface area contributed by atoms with Gasteiger partial charge in [-0.25, -0.2) is 9.97 Å². The summed E-state index contributed by atoms with van der Waals surface area (Å²) in [6.45, 7) is 8.51. The van der Waals surface area contributed by atoms with E-state index in [9.17, 15) is 0 Å². The van der Waals surface area contributed by atoms with Crippen molar-refractivity contribution in [2.75, 3.05) is 39.8 Å². The predicted octanol–water partition coefficient (Wildman–Crippen LogP) is 2.03. The number of hydrogen-bond donors (Lipinski definition) is 0. The van der Waals surface area contributed by atoms with Gasteiger partial charge in [0.05, 0.1) is 0 Å². The fraction of sp³-hybridized carbons (Fsp3) is 0.765. The highest BCUT2D eigenvalue weighted by molar-refractivity contribution is 5.09.